The van der Waals surface area contributed by atoms with Crippen LogP contribution in [0.15, 0.2) is 55.6 Å². The first-order valence-corrected chi connectivity index (χ1v) is 11.5. The minimum atomic E-state index is -1.54. The maximum atomic E-state index is 13.7. The molecule has 0 saturated heterocycles. The van der Waals surface area contributed by atoms with Crippen molar-refractivity contribution in [3.8, 4) is 16.3 Å². The smallest absolute Gasteiger partial charge is 0.232 e. The van der Waals surface area contributed by atoms with Gasteiger partial charge in [-0.25, -0.2) is 4.68 Å². The fraction of sp³-hybridized carbons (Fsp3) is 0.174. The highest BCUT2D eigenvalue weighted by molar-refractivity contribution is 7.19. The van der Waals surface area contributed by atoms with E-state index in [4.69, 9.17) is 40.5 Å². The predicted molar refractivity (Wildman–Crippen MR) is 132 cm³/mol. The number of aromatic nitrogens is 2. The number of halogens is 3. The molecule has 1 aromatic carbocycles. The minimum Gasteiger partial charge on any atom is -0.369 e. The summed E-state index contributed by atoms with van der Waals surface area (Å²) in [4.78, 5) is 27.0. The fourth-order valence-electron chi connectivity index (χ4n) is 3.57. The van der Waals surface area contributed by atoms with Crippen molar-refractivity contribution in [2.45, 2.75) is 19.8 Å². The number of benzene rings is 1. The fourth-order valence-corrected chi connectivity index (χ4v) is 5.19. The highest BCUT2D eigenvalue weighted by Gasteiger charge is 2.45. The van der Waals surface area contributed by atoms with Crippen LogP contribution < -0.4 is 5.73 Å². The molecule has 166 valence electrons. The van der Waals surface area contributed by atoms with Crippen molar-refractivity contribution in [1.82, 2.24) is 9.78 Å². The monoisotopic (exact) mass is 507 g/mol. The van der Waals surface area contributed by atoms with Crippen molar-refractivity contribution in [1.29, 1.82) is 0 Å². The molecule has 0 radical (unpaired) electrons. The van der Waals surface area contributed by atoms with Crippen molar-refractivity contribution in [3.05, 3.63) is 81.3 Å². The molecule has 3 rings (SSSR count). The van der Waals surface area contributed by atoms with Gasteiger partial charge in [0, 0.05) is 10.6 Å². The average Bonchev–Trinajstić information content (AvgIpc) is 3.29. The van der Waals surface area contributed by atoms with Crippen LogP contribution in [0.1, 0.15) is 28.9 Å². The first kappa shape index (κ1) is 24.3. The molecule has 2 aromatic heterocycles. The number of hydrogen-bond donors (Lipinski definition) is 1. The number of rotatable bonds is 9. The van der Waals surface area contributed by atoms with E-state index in [2.05, 4.69) is 18.3 Å². The summed E-state index contributed by atoms with van der Waals surface area (Å²) in [6.07, 6.45) is 3.10. The third-order valence-corrected chi connectivity index (χ3v) is 6.95. The molecule has 0 spiro atoms. The Bertz CT molecular complexity index is 1220. The van der Waals surface area contributed by atoms with E-state index < -0.39 is 17.1 Å². The van der Waals surface area contributed by atoms with E-state index in [0.717, 1.165) is 4.88 Å². The molecular formula is C23H20Cl3N3O2S. The van der Waals surface area contributed by atoms with Crippen molar-refractivity contribution in [2.24, 2.45) is 11.1 Å². The molecule has 0 atom stereocenters. The number of ketones is 1. The molecule has 9 heteroatoms. The van der Waals surface area contributed by atoms with Crippen LogP contribution in [0, 0.1) is 12.3 Å². The van der Waals surface area contributed by atoms with Gasteiger partial charge in [0.1, 0.15) is 11.1 Å². The molecular weight excluding hydrogens is 489 g/mol. The normalized spacial score (nSPS) is 11.4. The predicted octanol–water partition coefficient (Wildman–Crippen LogP) is 6.68. The molecule has 2 heterocycles. The van der Waals surface area contributed by atoms with Gasteiger partial charge in [0.2, 0.25) is 5.91 Å². The molecule has 0 aliphatic heterocycles. The van der Waals surface area contributed by atoms with E-state index in [9.17, 15) is 9.59 Å². The van der Waals surface area contributed by atoms with Crippen molar-refractivity contribution in [2.75, 3.05) is 0 Å². The largest absolute Gasteiger partial charge is 0.369 e. The number of nitrogens with zero attached hydrogens (tertiary/aromatic N) is 2. The van der Waals surface area contributed by atoms with Gasteiger partial charge in [-0.3, -0.25) is 9.59 Å². The summed E-state index contributed by atoms with van der Waals surface area (Å²) in [6.45, 7) is 9.13. The lowest BCUT2D eigenvalue weighted by molar-refractivity contribution is -0.125. The lowest BCUT2D eigenvalue weighted by atomic mass is 9.74. The van der Waals surface area contributed by atoms with E-state index >= 15 is 0 Å². The molecule has 0 unspecified atom stereocenters. The molecule has 1 amide bonds. The molecule has 5 nitrogen and oxygen atoms in total. The van der Waals surface area contributed by atoms with E-state index in [-0.39, 0.29) is 18.5 Å². The maximum Gasteiger partial charge on any atom is 0.232 e. The Balaban J connectivity index is 2.31. The Hall–Kier alpha value is -2.38. The molecule has 0 aliphatic carbocycles. The van der Waals surface area contributed by atoms with Gasteiger partial charge in [-0.05, 0) is 50.1 Å². The molecule has 2 N–H and O–H groups in total. The van der Waals surface area contributed by atoms with Crippen LogP contribution in [0.3, 0.4) is 0 Å². The number of carbonyl (C=O) groups excluding carboxylic acids is 2. The Morgan fingerprint density at radius 3 is 2.31 bits per heavy atom. The number of thiophene rings is 1. The summed E-state index contributed by atoms with van der Waals surface area (Å²) in [5.74, 6) is -1.27. The second kappa shape index (κ2) is 9.63. The van der Waals surface area contributed by atoms with Crippen LogP contribution in [0.2, 0.25) is 14.4 Å². The number of amides is 1. The first-order valence-electron chi connectivity index (χ1n) is 9.53. The van der Waals surface area contributed by atoms with Gasteiger partial charge < -0.3 is 5.73 Å². The molecule has 3 aromatic rings. The molecule has 0 bridgehead atoms. The topological polar surface area (TPSA) is 78.0 Å². The zero-order valence-electron chi connectivity index (χ0n) is 17.2. The quantitative estimate of drug-likeness (QED) is 0.199. The van der Waals surface area contributed by atoms with Gasteiger partial charge in [-0.15, -0.1) is 24.5 Å². The second-order valence-corrected chi connectivity index (χ2v) is 9.75. The zero-order valence-corrected chi connectivity index (χ0v) is 20.3. The third-order valence-electron chi connectivity index (χ3n) is 5.17. The number of allylic oxidation sites excluding steroid dienone is 2. The van der Waals surface area contributed by atoms with Crippen LogP contribution in [-0.2, 0) is 4.79 Å². The number of Topliss-reactive ketones (excluding diaryl/α,β-unsaturated/α-hetero) is 1. The Morgan fingerprint density at radius 1 is 1.16 bits per heavy atom. The van der Waals surface area contributed by atoms with Gasteiger partial charge in [0.25, 0.3) is 0 Å². The number of nitrogens with two attached hydrogens (primary N) is 1. The number of hydrogen-bond acceptors (Lipinski definition) is 4. The summed E-state index contributed by atoms with van der Waals surface area (Å²) in [5, 5.41) is 5.41. The van der Waals surface area contributed by atoms with Crippen LogP contribution in [-0.4, -0.2) is 21.5 Å². The van der Waals surface area contributed by atoms with Gasteiger partial charge in [-0.2, -0.15) is 5.10 Å². The van der Waals surface area contributed by atoms with Crippen LogP contribution >= 0.6 is 46.1 Å². The van der Waals surface area contributed by atoms with Crippen LogP contribution in [0.25, 0.3) is 16.3 Å². The van der Waals surface area contributed by atoms with Crippen LogP contribution in [0.5, 0.6) is 0 Å². The third kappa shape index (κ3) is 4.28. The summed E-state index contributed by atoms with van der Waals surface area (Å²) in [6, 6.07) is 8.56. The summed E-state index contributed by atoms with van der Waals surface area (Å²) in [5.41, 5.74) is 5.99. The van der Waals surface area contributed by atoms with E-state index in [0.29, 0.717) is 31.3 Å². The molecule has 32 heavy (non-hydrogen) atoms. The first-order chi connectivity index (χ1) is 15.2. The highest BCUT2D eigenvalue weighted by atomic mass is 35.5. The van der Waals surface area contributed by atoms with Crippen molar-refractivity contribution >= 4 is 57.8 Å². The summed E-state index contributed by atoms with van der Waals surface area (Å²) < 4.78 is 2.14. The van der Waals surface area contributed by atoms with Gasteiger partial charge in [-0.1, -0.05) is 47.0 Å². The van der Waals surface area contributed by atoms with Crippen molar-refractivity contribution < 1.29 is 9.59 Å². The standard InChI is InChI=1S/C23H20Cl3N3O2S/c1-4-10-23(11-5-2,22(27)31)21(30)19-13(3)20(17-8-9-18(26)32-17)29(28-19)16-7-6-14(24)12-15(16)25/h4-9,12H,1-2,10-11H2,3H3,(H2,27,31). The zero-order chi connectivity index (χ0) is 23.6. The number of carbonyl (C=O) groups is 2. The maximum absolute atomic E-state index is 13.7. The summed E-state index contributed by atoms with van der Waals surface area (Å²) >= 11 is 20.0. The Labute approximate surface area is 205 Å². The van der Waals surface area contributed by atoms with E-state index in [1.807, 2.05) is 6.07 Å². The Kier molecular flexibility index (Phi) is 7.30. The van der Waals surface area contributed by atoms with E-state index in [1.54, 1.807) is 35.9 Å². The van der Waals surface area contributed by atoms with Gasteiger partial charge >= 0.3 is 0 Å². The lowest BCUT2D eigenvalue weighted by Crippen LogP contribution is -2.43. The van der Waals surface area contributed by atoms with Gasteiger partial charge in [0.05, 0.1) is 25.6 Å². The Morgan fingerprint density at radius 2 is 1.81 bits per heavy atom. The highest BCUT2D eigenvalue weighted by Crippen LogP contribution is 2.40. The average molecular weight is 509 g/mol. The molecule has 0 saturated carbocycles. The van der Waals surface area contributed by atoms with E-state index in [1.165, 1.54) is 23.5 Å². The second-order valence-electron chi connectivity index (χ2n) is 7.19. The SMILES string of the molecule is C=CCC(CC=C)(C(N)=O)C(=O)c1nn(-c2ccc(Cl)cc2Cl)c(-c2ccc(Cl)s2)c1C. The minimum absolute atomic E-state index is 0.0569. The summed E-state index contributed by atoms with van der Waals surface area (Å²) in [7, 11) is 0. The molecule has 0 fully saturated rings. The van der Waals surface area contributed by atoms with Crippen molar-refractivity contribution in [3.63, 3.8) is 0 Å². The lowest BCUT2D eigenvalue weighted by Gasteiger charge is -2.26. The van der Waals surface area contributed by atoms with Crippen LogP contribution in [0.4, 0.5) is 0 Å². The molecule has 0 aliphatic rings. The number of primary amides is 1. The van der Waals surface area contributed by atoms with Gasteiger partial charge in [0.15, 0.2) is 5.78 Å².